The van der Waals surface area contributed by atoms with Crippen molar-refractivity contribution in [3.8, 4) is 33.4 Å². The summed E-state index contributed by atoms with van der Waals surface area (Å²) in [7, 11) is 0. The van der Waals surface area contributed by atoms with Crippen LogP contribution in [0, 0.1) is 0 Å². The van der Waals surface area contributed by atoms with Gasteiger partial charge in [-0.25, -0.2) is 0 Å². The molecule has 0 saturated heterocycles. The summed E-state index contributed by atoms with van der Waals surface area (Å²) in [5.74, 6) is 0. The molecule has 2 heteroatoms. The predicted octanol–water partition coefficient (Wildman–Crippen LogP) is 13.7. The standard InChI is InChI=1S/C46H31NS/c1-4-12-32(13-5-1)35-20-25-38(26-21-35)47(39-27-22-36(23-28-39)33-14-6-2-7-15-33)44-31-43-41-29-24-37(34-16-8-3-9-17-34)30-45(41)48-46(43)42-19-11-10-18-40(42)44/h1-31H/i1D,2D,4D,5D,6D,7D,12D,13D,14D,15D,20D,21D,22D,23D,25D,26D,27D,28D. The van der Waals surface area contributed by atoms with Gasteiger partial charge in [0.15, 0.2) is 0 Å². The van der Waals surface area contributed by atoms with Gasteiger partial charge in [-0.1, -0.05) is 151 Å². The lowest BCUT2D eigenvalue weighted by molar-refractivity contribution is 1.30. The molecule has 0 saturated carbocycles. The summed E-state index contributed by atoms with van der Waals surface area (Å²) in [5, 5.41) is 2.52. The fourth-order valence-corrected chi connectivity index (χ4v) is 7.02. The van der Waals surface area contributed by atoms with Crippen LogP contribution in [0.4, 0.5) is 17.1 Å². The lowest BCUT2D eigenvalue weighted by atomic mass is 9.99. The Kier molecular flexibility index (Phi) is 3.82. The molecule has 1 heterocycles. The number of thiophene rings is 1. The van der Waals surface area contributed by atoms with E-state index in [1.54, 1.807) is 24.3 Å². The monoisotopic (exact) mass is 647 g/mol. The summed E-state index contributed by atoms with van der Waals surface area (Å²) in [4.78, 5) is 1.09. The number of hydrogen-bond acceptors (Lipinski definition) is 2. The molecule has 0 radical (unpaired) electrons. The maximum atomic E-state index is 9.56. The van der Waals surface area contributed by atoms with Crippen molar-refractivity contribution in [1.29, 1.82) is 0 Å². The number of rotatable bonds is 6. The molecule has 0 atom stereocenters. The maximum absolute atomic E-state index is 9.56. The van der Waals surface area contributed by atoms with Gasteiger partial charge in [-0.05, 0) is 69.7 Å². The van der Waals surface area contributed by atoms with Crippen LogP contribution in [-0.4, -0.2) is 0 Å². The molecule has 0 aliphatic heterocycles. The van der Waals surface area contributed by atoms with Gasteiger partial charge in [-0.2, -0.15) is 0 Å². The van der Waals surface area contributed by atoms with E-state index in [0.717, 1.165) is 30.8 Å². The fraction of sp³-hybridized carbons (Fsp3) is 0. The maximum Gasteiger partial charge on any atom is 0.0645 e. The molecular formula is C46H31NS. The van der Waals surface area contributed by atoms with E-state index >= 15 is 0 Å². The Morgan fingerprint density at radius 1 is 0.396 bits per heavy atom. The molecule has 0 amide bonds. The molecule has 9 aromatic rings. The molecule has 0 N–H and O–H groups in total. The summed E-state index contributed by atoms with van der Waals surface area (Å²) < 4.78 is 161. The van der Waals surface area contributed by atoms with Crippen LogP contribution in [0.25, 0.3) is 64.3 Å². The molecule has 226 valence electrons. The molecular weight excluding hydrogens is 599 g/mol. The molecule has 48 heavy (non-hydrogen) atoms. The molecule has 1 aromatic heterocycles. The average molecular weight is 648 g/mol. The zero-order valence-electron chi connectivity index (χ0n) is 42.9. The van der Waals surface area contributed by atoms with Gasteiger partial charge in [-0.15, -0.1) is 11.3 Å². The average Bonchev–Trinajstić information content (AvgIpc) is 3.70. The number of hydrogen-bond donors (Lipinski definition) is 0. The number of anilines is 3. The highest BCUT2D eigenvalue weighted by Gasteiger charge is 2.20. The van der Waals surface area contributed by atoms with Gasteiger partial charge in [-0.3, -0.25) is 0 Å². The van der Waals surface area contributed by atoms with Crippen LogP contribution in [-0.2, 0) is 0 Å². The van der Waals surface area contributed by atoms with Crippen molar-refractivity contribution in [1.82, 2.24) is 0 Å². The second-order valence-corrected chi connectivity index (χ2v) is 11.8. The smallest absolute Gasteiger partial charge is 0.0645 e. The minimum absolute atomic E-state index is 0.0950. The van der Waals surface area contributed by atoms with Gasteiger partial charge in [0.1, 0.15) is 0 Å². The van der Waals surface area contributed by atoms with Crippen LogP contribution in [0.15, 0.2) is 188 Å². The highest BCUT2D eigenvalue weighted by atomic mass is 32.1. The second kappa shape index (κ2) is 12.0. The third kappa shape index (κ3) is 5.04. The van der Waals surface area contributed by atoms with Crippen molar-refractivity contribution < 1.29 is 24.7 Å². The normalized spacial score (nSPS) is 16.6. The lowest BCUT2D eigenvalue weighted by Crippen LogP contribution is -2.10. The Labute approximate surface area is 309 Å². The van der Waals surface area contributed by atoms with E-state index in [4.69, 9.17) is 13.7 Å². The van der Waals surface area contributed by atoms with Crippen LogP contribution in [0.3, 0.4) is 0 Å². The van der Waals surface area contributed by atoms with Crippen LogP contribution in [0.1, 0.15) is 24.7 Å². The number of nitrogens with zero attached hydrogens (tertiary/aromatic N) is 1. The van der Waals surface area contributed by atoms with E-state index in [1.807, 2.05) is 54.6 Å². The van der Waals surface area contributed by atoms with Crippen molar-refractivity contribution in [3.63, 3.8) is 0 Å². The molecule has 1 nitrogen and oxygen atoms in total. The Bertz CT molecular complexity index is 3340. The third-order valence-corrected chi connectivity index (χ3v) is 9.18. The highest BCUT2D eigenvalue weighted by Crippen LogP contribution is 2.47. The first-order chi connectivity index (χ1) is 31.3. The molecule has 0 aliphatic rings. The summed E-state index contributed by atoms with van der Waals surface area (Å²) in [6.45, 7) is 0. The highest BCUT2D eigenvalue weighted by molar-refractivity contribution is 7.26. The molecule has 0 bridgehead atoms. The summed E-state index contributed by atoms with van der Waals surface area (Å²) in [6, 6.07) is 10.2. The number of benzene rings is 8. The van der Waals surface area contributed by atoms with Gasteiger partial charge >= 0.3 is 0 Å². The van der Waals surface area contributed by atoms with Crippen molar-refractivity contribution in [2.45, 2.75) is 0 Å². The third-order valence-electron chi connectivity index (χ3n) is 7.98. The predicted molar refractivity (Wildman–Crippen MR) is 208 cm³/mol. The zero-order valence-corrected chi connectivity index (χ0v) is 25.7. The lowest BCUT2D eigenvalue weighted by Gasteiger charge is -2.27. The molecule has 0 aliphatic carbocycles. The first kappa shape index (κ1) is 15.3. The molecule has 0 fully saturated rings. The zero-order chi connectivity index (χ0) is 47.5. The van der Waals surface area contributed by atoms with Gasteiger partial charge in [0.25, 0.3) is 0 Å². The Morgan fingerprint density at radius 2 is 0.938 bits per heavy atom. The van der Waals surface area contributed by atoms with Crippen LogP contribution in [0.5, 0.6) is 0 Å². The van der Waals surface area contributed by atoms with E-state index in [2.05, 4.69) is 0 Å². The quantitative estimate of drug-likeness (QED) is 0.174. The molecule has 0 spiro atoms. The first-order valence-electron chi connectivity index (χ1n) is 23.9. The molecule has 9 rings (SSSR count). The molecule has 0 unspecified atom stereocenters. The van der Waals surface area contributed by atoms with Crippen molar-refractivity contribution >= 4 is 59.3 Å². The first-order valence-corrected chi connectivity index (χ1v) is 15.7. The van der Waals surface area contributed by atoms with Crippen molar-refractivity contribution in [2.24, 2.45) is 0 Å². The van der Waals surface area contributed by atoms with Gasteiger partial charge in [0.05, 0.1) is 30.4 Å². The Balaban J connectivity index is 1.42. The minimum atomic E-state index is -0.833. The Hall–Kier alpha value is -5.96. The fourth-order valence-electron chi connectivity index (χ4n) is 5.76. The van der Waals surface area contributed by atoms with Gasteiger partial charge < -0.3 is 4.90 Å². The van der Waals surface area contributed by atoms with Gasteiger partial charge in [0.2, 0.25) is 0 Å². The SMILES string of the molecule is [2H]c1c([2H])c([2H])c(-c2c([2H])c([2H])c(N(c3c([2H])c([2H])c(-c4c([2H])c([2H])c([2H])c([2H])c4[2H])c([2H])c3[2H])c3cc4c5ccc(-c6ccccc6)cc5sc4c4ccccc34)c([2H])c2[2H])c([2H])c1[2H]. The Morgan fingerprint density at radius 3 is 1.54 bits per heavy atom. The van der Waals surface area contributed by atoms with E-state index in [-0.39, 0.29) is 5.69 Å². The number of fused-ring (bicyclic) bond motifs is 5. The van der Waals surface area contributed by atoms with E-state index < -0.39 is 142 Å². The summed E-state index contributed by atoms with van der Waals surface area (Å²) in [6.07, 6.45) is 0. The molecule has 8 aromatic carbocycles. The van der Waals surface area contributed by atoms with E-state index in [1.165, 1.54) is 11.3 Å². The van der Waals surface area contributed by atoms with E-state index in [9.17, 15) is 11.0 Å². The van der Waals surface area contributed by atoms with E-state index in [0.29, 0.717) is 16.2 Å². The van der Waals surface area contributed by atoms with Crippen LogP contribution >= 0.6 is 11.3 Å². The van der Waals surface area contributed by atoms with Crippen LogP contribution < -0.4 is 4.90 Å². The topological polar surface area (TPSA) is 3.24 Å². The second-order valence-electron chi connectivity index (χ2n) is 10.8. The van der Waals surface area contributed by atoms with Crippen LogP contribution in [0.2, 0.25) is 0 Å². The summed E-state index contributed by atoms with van der Waals surface area (Å²) in [5.41, 5.74) is -1.52. The van der Waals surface area contributed by atoms with Gasteiger partial charge in [0, 0.05) is 42.3 Å². The minimum Gasteiger partial charge on any atom is -0.310 e. The summed E-state index contributed by atoms with van der Waals surface area (Å²) >= 11 is 1.50. The van der Waals surface area contributed by atoms with Crippen molar-refractivity contribution in [2.75, 3.05) is 4.90 Å². The largest absolute Gasteiger partial charge is 0.310 e. The van der Waals surface area contributed by atoms with Crippen molar-refractivity contribution in [3.05, 3.63) is 188 Å².